The summed E-state index contributed by atoms with van der Waals surface area (Å²) in [6, 6.07) is 4.63. The van der Waals surface area contributed by atoms with Gasteiger partial charge in [0.15, 0.2) is 5.96 Å². The quantitative estimate of drug-likeness (QED) is 0.288. The summed E-state index contributed by atoms with van der Waals surface area (Å²) in [5.74, 6) is 2.59. The molecule has 3 N–H and O–H groups in total. The molecule has 154 valence electrons. The van der Waals surface area contributed by atoms with Gasteiger partial charge in [0.25, 0.3) is 0 Å². The van der Waals surface area contributed by atoms with Gasteiger partial charge in [0.1, 0.15) is 0 Å². The van der Waals surface area contributed by atoms with Crippen LogP contribution in [0.25, 0.3) is 0 Å². The van der Waals surface area contributed by atoms with Gasteiger partial charge in [0.2, 0.25) is 0 Å². The normalized spacial score (nSPS) is 25.0. The maximum Gasteiger partial charge on any atom is 0.191 e. The second kappa shape index (κ2) is 11.8. The van der Waals surface area contributed by atoms with Crippen LogP contribution in [0.15, 0.2) is 22.5 Å². The Morgan fingerprint density at radius 3 is 2.85 bits per heavy atom. The van der Waals surface area contributed by atoms with Crippen LogP contribution in [0.5, 0.6) is 0 Å². The highest BCUT2D eigenvalue weighted by Crippen LogP contribution is 2.28. The molecule has 2 saturated heterocycles. The number of nitrogens with zero attached hydrogens (tertiary/aromatic N) is 2. The third kappa shape index (κ3) is 7.04. The number of halogens is 1. The van der Waals surface area contributed by atoms with Crippen molar-refractivity contribution in [2.24, 2.45) is 4.99 Å². The lowest BCUT2D eigenvalue weighted by atomic mass is 10.1. The zero-order valence-electron chi connectivity index (χ0n) is 15.9. The van der Waals surface area contributed by atoms with Crippen LogP contribution in [0.2, 0.25) is 0 Å². The van der Waals surface area contributed by atoms with Crippen LogP contribution in [0.4, 0.5) is 0 Å². The van der Waals surface area contributed by atoms with Gasteiger partial charge >= 0.3 is 0 Å². The number of guanidine groups is 1. The first-order valence-electron chi connectivity index (χ1n) is 9.38. The molecule has 0 saturated carbocycles. The lowest BCUT2D eigenvalue weighted by molar-refractivity contribution is 0.0177. The molecule has 2 aliphatic heterocycles. The van der Waals surface area contributed by atoms with Crippen LogP contribution in [0.1, 0.15) is 24.3 Å². The number of hydrogen-bond donors (Lipinski definition) is 3. The molecule has 0 bridgehead atoms. The molecule has 27 heavy (non-hydrogen) atoms. The lowest BCUT2D eigenvalue weighted by Crippen LogP contribution is -2.46. The number of aliphatic hydroxyl groups is 1. The van der Waals surface area contributed by atoms with E-state index in [0.29, 0.717) is 12.6 Å². The molecule has 2 unspecified atom stereocenters. The predicted octanol–water partition coefficient (Wildman–Crippen LogP) is 2.16. The number of thioether (sulfide) groups is 1. The Bertz CT molecular complexity index is 562. The monoisotopic (exact) mass is 526 g/mol. The van der Waals surface area contributed by atoms with Crippen LogP contribution in [0, 0.1) is 0 Å². The molecule has 0 radical (unpaired) electrons. The Kier molecular flexibility index (Phi) is 10.2. The second-order valence-electron chi connectivity index (χ2n) is 6.78. The highest BCUT2D eigenvalue weighted by Gasteiger charge is 2.31. The van der Waals surface area contributed by atoms with Crippen LogP contribution < -0.4 is 10.6 Å². The molecule has 0 aromatic carbocycles. The first-order valence-corrected chi connectivity index (χ1v) is 11.4. The molecule has 9 heteroatoms. The van der Waals surface area contributed by atoms with Gasteiger partial charge in [-0.05, 0) is 30.5 Å². The summed E-state index contributed by atoms with van der Waals surface area (Å²) in [5.41, 5.74) is -0.648. The Balaban J connectivity index is 0.00000261. The van der Waals surface area contributed by atoms with Crippen molar-refractivity contribution in [3.63, 3.8) is 0 Å². The highest BCUT2D eigenvalue weighted by atomic mass is 127. The first kappa shape index (κ1) is 23.2. The van der Waals surface area contributed by atoms with E-state index in [-0.39, 0.29) is 24.0 Å². The molecule has 0 amide bonds. The van der Waals surface area contributed by atoms with Crippen LogP contribution in [-0.2, 0) is 4.74 Å². The smallest absolute Gasteiger partial charge is 0.191 e. The molecule has 3 rings (SSSR count). The molecule has 3 heterocycles. The maximum absolute atomic E-state index is 10.5. The molecule has 0 aliphatic carbocycles. The topological polar surface area (TPSA) is 69.1 Å². The van der Waals surface area contributed by atoms with E-state index in [4.69, 9.17) is 4.74 Å². The SMILES string of the molecule is CCNC(=NCC1(O)CCSC1)NCC(c1cccs1)N1CCOCC1.I. The van der Waals surface area contributed by atoms with Gasteiger partial charge in [-0.25, -0.2) is 0 Å². The Morgan fingerprint density at radius 1 is 1.41 bits per heavy atom. The van der Waals surface area contributed by atoms with E-state index in [1.165, 1.54) is 4.88 Å². The molecule has 6 nitrogen and oxygen atoms in total. The van der Waals surface area contributed by atoms with Gasteiger partial charge in [-0.1, -0.05) is 6.07 Å². The molecule has 1 aromatic heterocycles. The Morgan fingerprint density at radius 2 is 2.22 bits per heavy atom. The number of morpholine rings is 1. The maximum atomic E-state index is 10.5. The predicted molar refractivity (Wildman–Crippen MR) is 126 cm³/mol. The summed E-state index contributed by atoms with van der Waals surface area (Å²) in [4.78, 5) is 8.50. The summed E-state index contributed by atoms with van der Waals surface area (Å²) in [5, 5.41) is 19.5. The van der Waals surface area contributed by atoms with E-state index in [2.05, 4.69) is 45.0 Å². The van der Waals surface area contributed by atoms with Gasteiger partial charge in [-0.15, -0.1) is 35.3 Å². The van der Waals surface area contributed by atoms with Crippen molar-refractivity contribution in [1.82, 2.24) is 15.5 Å². The van der Waals surface area contributed by atoms with Crippen LogP contribution in [0.3, 0.4) is 0 Å². The van der Waals surface area contributed by atoms with Gasteiger partial charge in [0, 0.05) is 36.8 Å². The van der Waals surface area contributed by atoms with Gasteiger partial charge < -0.3 is 20.5 Å². The summed E-state index contributed by atoms with van der Waals surface area (Å²) in [6.07, 6.45) is 0.826. The molecule has 2 atom stereocenters. The second-order valence-corrected chi connectivity index (χ2v) is 8.87. The Hall–Kier alpha value is -0.0700. The fraction of sp³-hybridized carbons (Fsp3) is 0.722. The van der Waals surface area contributed by atoms with E-state index in [1.807, 2.05) is 0 Å². The first-order chi connectivity index (χ1) is 12.7. The minimum absolute atomic E-state index is 0. The van der Waals surface area contributed by atoms with Crippen molar-refractivity contribution in [1.29, 1.82) is 0 Å². The number of aliphatic imine (C=N–C) groups is 1. The molecule has 2 fully saturated rings. The number of rotatable bonds is 7. The van der Waals surface area contributed by atoms with Crippen molar-refractivity contribution in [2.75, 3.05) is 57.4 Å². The number of thiophene rings is 1. The molecule has 2 aliphatic rings. The average Bonchev–Trinajstić information content (AvgIpc) is 3.33. The highest BCUT2D eigenvalue weighted by molar-refractivity contribution is 14.0. The minimum Gasteiger partial charge on any atom is -0.387 e. The zero-order chi connectivity index (χ0) is 18.2. The molecular weight excluding hydrogens is 495 g/mol. The lowest BCUT2D eigenvalue weighted by Gasteiger charge is -2.34. The van der Waals surface area contributed by atoms with Crippen molar-refractivity contribution in [3.8, 4) is 0 Å². The number of nitrogens with one attached hydrogen (secondary N) is 2. The minimum atomic E-state index is -0.648. The average molecular weight is 527 g/mol. The summed E-state index contributed by atoms with van der Waals surface area (Å²) in [7, 11) is 0. The summed E-state index contributed by atoms with van der Waals surface area (Å²) < 4.78 is 5.51. The largest absolute Gasteiger partial charge is 0.387 e. The fourth-order valence-electron chi connectivity index (χ4n) is 3.26. The standard InChI is InChI=1S/C18H30N4O2S2.HI/c1-2-19-17(21-13-18(23)5-11-25-14-18)20-12-15(16-4-3-10-26-16)22-6-8-24-9-7-22;/h3-4,10,15,23H,2,5-9,11-14H2,1H3,(H2,19,20,21);1H. The third-order valence-corrected chi connectivity index (χ3v) is 6.99. The summed E-state index contributed by atoms with van der Waals surface area (Å²) in [6.45, 7) is 7.61. The van der Waals surface area contributed by atoms with E-state index in [0.717, 1.165) is 63.3 Å². The molecule has 1 aromatic rings. The van der Waals surface area contributed by atoms with Gasteiger partial charge in [0.05, 0.1) is 31.4 Å². The van der Waals surface area contributed by atoms with E-state index in [1.54, 1.807) is 23.1 Å². The zero-order valence-corrected chi connectivity index (χ0v) is 19.8. The van der Waals surface area contributed by atoms with Crippen LogP contribution >= 0.6 is 47.1 Å². The van der Waals surface area contributed by atoms with Crippen molar-refractivity contribution < 1.29 is 9.84 Å². The summed E-state index contributed by atoms with van der Waals surface area (Å²) >= 11 is 3.60. The third-order valence-electron chi connectivity index (χ3n) is 4.78. The number of ether oxygens (including phenoxy) is 1. The van der Waals surface area contributed by atoms with Crippen molar-refractivity contribution >= 4 is 53.0 Å². The van der Waals surface area contributed by atoms with E-state index >= 15 is 0 Å². The van der Waals surface area contributed by atoms with E-state index in [9.17, 15) is 5.11 Å². The molecule has 0 spiro atoms. The fourth-order valence-corrected chi connectivity index (χ4v) is 5.41. The molecular formula is C18H31IN4O2S2. The van der Waals surface area contributed by atoms with Crippen LogP contribution in [-0.4, -0.2) is 79.0 Å². The van der Waals surface area contributed by atoms with Gasteiger partial charge in [-0.3, -0.25) is 9.89 Å². The van der Waals surface area contributed by atoms with Crippen molar-refractivity contribution in [3.05, 3.63) is 22.4 Å². The van der Waals surface area contributed by atoms with Crippen molar-refractivity contribution in [2.45, 2.75) is 25.0 Å². The number of hydrogen-bond acceptors (Lipinski definition) is 6. The van der Waals surface area contributed by atoms with Gasteiger partial charge in [-0.2, -0.15) is 11.8 Å². The van der Waals surface area contributed by atoms with E-state index < -0.39 is 5.60 Å². The Labute approximate surface area is 187 Å².